The summed E-state index contributed by atoms with van der Waals surface area (Å²) < 4.78 is 35.7. The molecule has 0 radical (unpaired) electrons. The summed E-state index contributed by atoms with van der Waals surface area (Å²) in [6.07, 6.45) is 3.19. The molecule has 1 atom stereocenters. The average molecular weight is 444 g/mol. The molecule has 0 saturated heterocycles. The van der Waals surface area contributed by atoms with Gasteiger partial charge >= 0.3 is 0 Å². The van der Waals surface area contributed by atoms with Gasteiger partial charge in [0.1, 0.15) is 15.7 Å². The predicted molar refractivity (Wildman–Crippen MR) is 96.7 cm³/mol. The number of rotatable bonds is 6. The van der Waals surface area contributed by atoms with Crippen molar-refractivity contribution < 1.29 is 12.8 Å². The van der Waals surface area contributed by atoms with Gasteiger partial charge in [0.15, 0.2) is 5.96 Å². The fourth-order valence-electron chi connectivity index (χ4n) is 1.61. The lowest BCUT2D eigenvalue weighted by Crippen LogP contribution is -2.42. The average Bonchev–Trinajstić information content (AvgIpc) is 2.42. The van der Waals surface area contributed by atoms with Gasteiger partial charge in [-0.15, -0.1) is 24.0 Å². The molecule has 9 heteroatoms. The van der Waals surface area contributed by atoms with E-state index in [0.29, 0.717) is 18.1 Å². The minimum absolute atomic E-state index is 0. The minimum atomic E-state index is -2.98. The van der Waals surface area contributed by atoms with Crippen LogP contribution in [-0.4, -0.2) is 44.5 Å². The lowest BCUT2D eigenvalue weighted by atomic mass is 10.3. The first-order valence-corrected chi connectivity index (χ1v) is 8.62. The summed E-state index contributed by atoms with van der Waals surface area (Å²) in [6.45, 7) is 2.06. The maximum Gasteiger partial charge on any atom is 0.191 e. The van der Waals surface area contributed by atoms with E-state index in [2.05, 4.69) is 20.6 Å². The normalized spacial score (nSPS) is 13.2. The van der Waals surface area contributed by atoms with Crippen molar-refractivity contribution in [1.82, 2.24) is 15.6 Å². The van der Waals surface area contributed by atoms with Crippen molar-refractivity contribution >= 4 is 39.8 Å². The van der Waals surface area contributed by atoms with Gasteiger partial charge in [-0.05, 0) is 25.5 Å². The van der Waals surface area contributed by atoms with Crippen molar-refractivity contribution in [1.29, 1.82) is 0 Å². The van der Waals surface area contributed by atoms with Crippen LogP contribution in [0.5, 0.6) is 0 Å². The van der Waals surface area contributed by atoms with E-state index in [0.717, 1.165) is 0 Å². The van der Waals surface area contributed by atoms with Gasteiger partial charge in [-0.25, -0.2) is 12.8 Å². The molecule has 1 rings (SSSR count). The van der Waals surface area contributed by atoms with E-state index in [1.165, 1.54) is 24.6 Å². The largest absolute Gasteiger partial charge is 0.354 e. The van der Waals surface area contributed by atoms with Gasteiger partial charge in [0, 0.05) is 25.5 Å². The minimum Gasteiger partial charge on any atom is -0.354 e. The van der Waals surface area contributed by atoms with E-state index in [-0.39, 0.29) is 48.1 Å². The van der Waals surface area contributed by atoms with Gasteiger partial charge in [-0.3, -0.25) is 9.98 Å². The van der Waals surface area contributed by atoms with E-state index in [1.54, 1.807) is 7.05 Å². The Bertz CT molecular complexity index is 595. The van der Waals surface area contributed by atoms with Crippen LogP contribution in [0.3, 0.4) is 0 Å². The lowest BCUT2D eigenvalue weighted by Gasteiger charge is -2.17. The molecule has 1 aromatic rings. The number of aliphatic imine (C=N–C) groups is 1. The third kappa shape index (κ3) is 8.47. The summed E-state index contributed by atoms with van der Waals surface area (Å²) in [4.78, 5) is 7.94. The van der Waals surface area contributed by atoms with Crippen LogP contribution < -0.4 is 10.6 Å². The van der Waals surface area contributed by atoms with Crippen molar-refractivity contribution in [2.24, 2.45) is 4.99 Å². The summed E-state index contributed by atoms with van der Waals surface area (Å²) >= 11 is 0. The highest BCUT2D eigenvalue weighted by molar-refractivity contribution is 14.0. The van der Waals surface area contributed by atoms with Crippen LogP contribution in [0.4, 0.5) is 4.39 Å². The second-order valence-electron chi connectivity index (χ2n) is 4.82. The molecule has 0 fully saturated rings. The van der Waals surface area contributed by atoms with Crippen molar-refractivity contribution in [3.8, 4) is 0 Å². The smallest absolute Gasteiger partial charge is 0.191 e. The van der Waals surface area contributed by atoms with Crippen molar-refractivity contribution in [2.45, 2.75) is 25.9 Å². The molecule has 0 aromatic carbocycles. The summed E-state index contributed by atoms with van der Waals surface area (Å²) in [5.41, 5.74) is 0.296. The number of aromatic nitrogens is 1. The van der Waals surface area contributed by atoms with Crippen LogP contribution in [0.2, 0.25) is 0 Å². The number of pyridine rings is 1. The molecule has 0 aliphatic carbocycles. The Morgan fingerprint density at radius 3 is 2.73 bits per heavy atom. The molecule has 0 aliphatic heterocycles. The molecule has 1 heterocycles. The molecule has 0 spiro atoms. The zero-order valence-electron chi connectivity index (χ0n) is 12.8. The van der Waals surface area contributed by atoms with E-state index in [4.69, 9.17) is 0 Å². The second-order valence-corrected chi connectivity index (χ2v) is 7.08. The first-order valence-electron chi connectivity index (χ1n) is 6.56. The maximum absolute atomic E-state index is 13.4. The van der Waals surface area contributed by atoms with E-state index in [9.17, 15) is 12.8 Å². The molecule has 0 amide bonds. The van der Waals surface area contributed by atoms with Crippen LogP contribution in [0.15, 0.2) is 23.3 Å². The Kier molecular flexibility index (Phi) is 9.49. The summed E-state index contributed by atoms with van der Waals surface area (Å²) in [5, 5.41) is 5.99. The number of halogens is 2. The van der Waals surface area contributed by atoms with Crippen LogP contribution in [0, 0.1) is 5.82 Å². The van der Waals surface area contributed by atoms with Crippen molar-refractivity contribution in [3.63, 3.8) is 0 Å². The molecule has 2 N–H and O–H groups in total. The number of sulfone groups is 1. The Balaban J connectivity index is 0.00000441. The molecular weight excluding hydrogens is 422 g/mol. The quantitative estimate of drug-likeness (QED) is 0.393. The van der Waals surface area contributed by atoms with E-state index < -0.39 is 9.84 Å². The number of hydrogen-bond acceptors (Lipinski definition) is 4. The molecule has 0 saturated carbocycles. The van der Waals surface area contributed by atoms with Crippen molar-refractivity contribution in [3.05, 3.63) is 29.8 Å². The Labute approximate surface area is 148 Å². The van der Waals surface area contributed by atoms with Gasteiger partial charge < -0.3 is 10.6 Å². The fraction of sp³-hybridized carbons (Fsp3) is 0.538. The molecule has 1 unspecified atom stereocenters. The number of hydrogen-bond donors (Lipinski definition) is 2. The monoisotopic (exact) mass is 444 g/mol. The van der Waals surface area contributed by atoms with Gasteiger partial charge in [-0.2, -0.15) is 0 Å². The molecule has 1 aromatic heterocycles. The van der Waals surface area contributed by atoms with Gasteiger partial charge in [0.2, 0.25) is 0 Å². The molecule has 22 heavy (non-hydrogen) atoms. The molecule has 126 valence electrons. The van der Waals surface area contributed by atoms with Crippen LogP contribution in [-0.2, 0) is 16.4 Å². The van der Waals surface area contributed by atoms with E-state index >= 15 is 0 Å². The third-order valence-electron chi connectivity index (χ3n) is 2.79. The molecular formula is C13H22FIN4O2S. The Morgan fingerprint density at radius 1 is 1.50 bits per heavy atom. The van der Waals surface area contributed by atoms with Crippen LogP contribution in [0.1, 0.15) is 19.0 Å². The lowest BCUT2D eigenvalue weighted by molar-refractivity contribution is 0.576. The third-order valence-corrected chi connectivity index (χ3v) is 3.76. The topological polar surface area (TPSA) is 83.4 Å². The second kappa shape index (κ2) is 9.93. The predicted octanol–water partition coefficient (Wildman–Crippen LogP) is 1.33. The number of guanidine groups is 1. The SMILES string of the molecule is CN=C(NCc1ncccc1F)NC(C)CCS(C)(=O)=O.I. The molecule has 6 nitrogen and oxygen atoms in total. The van der Waals surface area contributed by atoms with E-state index in [1.807, 2.05) is 6.92 Å². The van der Waals surface area contributed by atoms with Crippen molar-refractivity contribution in [2.75, 3.05) is 19.1 Å². The summed E-state index contributed by atoms with van der Waals surface area (Å²) in [6, 6.07) is 2.80. The summed E-state index contributed by atoms with van der Waals surface area (Å²) in [5.74, 6) is 0.194. The number of nitrogens with one attached hydrogen (secondary N) is 2. The van der Waals surface area contributed by atoms with Gasteiger partial charge in [0.05, 0.1) is 18.0 Å². The fourth-order valence-corrected chi connectivity index (χ4v) is 2.39. The highest BCUT2D eigenvalue weighted by atomic mass is 127. The van der Waals surface area contributed by atoms with Gasteiger partial charge in [-0.1, -0.05) is 0 Å². The summed E-state index contributed by atoms with van der Waals surface area (Å²) in [7, 11) is -1.39. The van der Waals surface area contributed by atoms with Crippen LogP contribution in [0.25, 0.3) is 0 Å². The Hall–Kier alpha value is -0.970. The maximum atomic E-state index is 13.4. The highest BCUT2D eigenvalue weighted by Crippen LogP contribution is 2.01. The van der Waals surface area contributed by atoms with Gasteiger partial charge in [0.25, 0.3) is 0 Å². The number of nitrogens with zero attached hydrogens (tertiary/aromatic N) is 2. The first kappa shape index (κ1) is 21.0. The zero-order valence-corrected chi connectivity index (χ0v) is 16.0. The standard InChI is InChI=1S/C13H21FN4O2S.HI/c1-10(6-8-21(3,19)20)18-13(15-2)17-9-12-11(14)5-4-7-16-12;/h4-5,7,10H,6,8-9H2,1-3H3,(H2,15,17,18);1H. The highest BCUT2D eigenvalue weighted by Gasteiger charge is 2.10. The zero-order chi connectivity index (χ0) is 15.9. The Morgan fingerprint density at radius 2 is 2.18 bits per heavy atom. The first-order chi connectivity index (χ1) is 9.81. The van der Waals surface area contributed by atoms with Crippen LogP contribution >= 0.6 is 24.0 Å². The molecule has 0 aliphatic rings. The molecule has 0 bridgehead atoms.